The minimum atomic E-state index is 0.489. The molecule has 1 saturated heterocycles. The highest BCUT2D eigenvalue weighted by Crippen LogP contribution is 2.31. The summed E-state index contributed by atoms with van der Waals surface area (Å²) in [5.41, 5.74) is 1.74. The minimum Gasteiger partial charge on any atom is -0.353 e. The van der Waals surface area contributed by atoms with Gasteiger partial charge in [0.1, 0.15) is 12.1 Å². The lowest BCUT2D eigenvalue weighted by molar-refractivity contribution is -0.108. The van der Waals surface area contributed by atoms with Crippen LogP contribution in [0.4, 0.5) is 5.82 Å². The van der Waals surface area contributed by atoms with Crippen LogP contribution >= 0.6 is 11.6 Å². The average molecular weight is 367 g/mol. The SMILES string of the molecule is O=CCN1CCN(c2nc(-c3ccccc3Cl)nc3ccccc23)CC1. The van der Waals surface area contributed by atoms with Crippen molar-refractivity contribution in [2.24, 2.45) is 0 Å². The second-order valence-corrected chi connectivity index (χ2v) is 6.73. The van der Waals surface area contributed by atoms with Gasteiger partial charge in [0.15, 0.2) is 5.82 Å². The molecule has 2 aromatic carbocycles. The van der Waals surface area contributed by atoms with Crippen LogP contribution < -0.4 is 4.90 Å². The Bertz CT molecular complexity index is 938. The number of hydrogen-bond donors (Lipinski definition) is 0. The molecule has 6 heteroatoms. The first-order valence-electron chi connectivity index (χ1n) is 8.69. The van der Waals surface area contributed by atoms with Crippen molar-refractivity contribution in [3.63, 3.8) is 0 Å². The molecule has 0 spiro atoms. The molecular weight excluding hydrogens is 348 g/mol. The van der Waals surface area contributed by atoms with Crippen LogP contribution in [0.15, 0.2) is 48.5 Å². The Kier molecular flexibility index (Phi) is 4.82. The zero-order valence-electron chi connectivity index (χ0n) is 14.3. The predicted molar refractivity (Wildman–Crippen MR) is 105 cm³/mol. The molecule has 0 aliphatic carbocycles. The summed E-state index contributed by atoms with van der Waals surface area (Å²) in [5.74, 6) is 1.57. The molecule has 0 atom stereocenters. The van der Waals surface area contributed by atoms with Gasteiger partial charge in [0, 0.05) is 37.1 Å². The van der Waals surface area contributed by atoms with E-state index in [0.717, 1.165) is 54.7 Å². The Hall–Kier alpha value is -2.50. The van der Waals surface area contributed by atoms with E-state index < -0.39 is 0 Å². The van der Waals surface area contributed by atoms with Crippen LogP contribution in [-0.2, 0) is 4.79 Å². The maximum absolute atomic E-state index is 10.7. The van der Waals surface area contributed by atoms with Crippen molar-refractivity contribution in [2.75, 3.05) is 37.6 Å². The molecule has 0 N–H and O–H groups in total. The lowest BCUT2D eigenvalue weighted by Gasteiger charge is -2.35. The van der Waals surface area contributed by atoms with Gasteiger partial charge in [-0.15, -0.1) is 0 Å². The van der Waals surface area contributed by atoms with Gasteiger partial charge in [-0.25, -0.2) is 9.97 Å². The fourth-order valence-corrected chi connectivity index (χ4v) is 3.53. The molecule has 0 saturated carbocycles. The van der Waals surface area contributed by atoms with Crippen molar-refractivity contribution in [2.45, 2.75) is 0 Å². The second kappa shape index (κ2) is 7.40. The van der Waals surface area contributed by atoms with E-state index in [9.17, 15) is 4.79 Å². The lowest BCUT2D eigenvalue weighted by Crippen LogP contribution is -2.47. The summed E-state index contributed by atoms with van der Waals surface area (Å²) < 4.78 is 0. The third-order valence-electron chi connectivity index (χ3n) is 4.70. The van der Waals surface area contributed by atoms with Crippen molar-refractivity contribution in [3.05, 3.63) is 53.6 Å². The quantitative estimate of drug-likeness (QED) is 0.663. The number of piperazine rings is 1. The number of carbonyl (C=O) groups is 1. The van der Waals surface area contributed by atoms with Crippen LogP contribution in [0, 0.1) is 0 Å². The Balaban J connectivity index is 1.76. The van der Waals surface area contributed by atoms with E-state index in [1.807, 2.05) is 42.5 Å². The average Bonchev–Trinajstić information content (AvgIpc) is 2.68. The second-order valence-electron chi connectivity index (χ2n) is 6.32. The Morgan fingerprint density at radius 3 is 2.46 bits per heavy atom. The largest absolute Gasteiger partial charge is 0.353 e. The van der Waals surface area contributed by atoms with Gasteiger partial charge < -0.3 is 9.69 Å². The van der Waals surface area contributed by atoms with Crippen LogP contribution in [0.5, 0.6) is 0 Å². The Morgan fingerprint density at radius 1 is 0.962 bits per heavy atom. The number of para-hydroxylation sites is 1. The molecule has 0 amide bonds. The first-order valence-corrected chi connectivity index (χ1v) is 9.06. The van der Waals surface area contributed by atoms with Crippen molar-refractivity contribution < 1.29 is 4.79 Å². The number of fused-ring (bicyclic) bond motifs is 1. The molecule has 26 heavy (non-hydrogen) atoms. The molecule has 1 fully saturated rings. The zero-order valence-corrected chi connectivity index (χ0v) is 15.1. The van der Waals surface area contributed by atoms with Gasteiger partial charge in [0.2, 0.25) is 0 Å². The number of aldehydes is 1. The van der Waals surface area contributed by atoms with E-state index in [-0.39, 0.29) is 0 Å². The molecule has 1 aliphatic rings. The first kappa shape index (κ1) is 16.9. The first-order chi connectivity index (χ1) is 12.8. The number of hydrogen-bond acceptors (Lipinski definition) is 5. The zero-order chi connectivity index (χ0) is 17.9. The minimum absolute atomic E-state index is 0.489. The predicted octanol–water partition coefficient (Wildman–Crippen LogP) is 3.27. The number of nitrogens with zero attached hydrogens (tertiary/aromatic N) is 4. The summed E-state index contributed by atoms with van der Waals surface area (Å²) in [4.78, 5) is 24.8. The van der Waals surface area contributed by atoms with Crippen LogP contribution in [-0.4, -0.2) is 53.9 Å². The van der Waals surface area contributed by atoms with E-state index in [1.54, 1.807) is 0 Å². The van der Waals surface area contributed by atoms with Crippen molar-refractivity contribution in [1.82, 2.24) is 14.9 Å². The number of rotatable bonds is 4. The fourth-order valence-electron chi connectivity index (χ4n) is 3.31. The monoisotopic (exact) mass is 366 g/mol. The number of aromatic nitrogens is 2. The smallest absolute Gasteiger partial charge is 0.163 e. The van der Waals surface area contributed by atoms with Crippen LogP contribution in [0.2, 0.25) is 5.02 Å². The van der Waals surface area contributed by atoms with Gasteiger partial charge in [-0.1, -0.05) is 35.9 Å². The summed E-state index contributed by atoms with van der Waals surface area (Å²) >= 11 is 6.37. The topological polar surface area (TPSA) is 49.3 Å². The van der Waals surface area contributed by atoms with E-state index >= 15 is 0 Å². The molecule has 1 aromatic heterocycles. The fraction of sp³-hybridized carbons (Fsp3) is 0.250. The molecule has 1 aliphatic heterocycles. The number of benzene rings is 2. The van der Waals surface area contributed by atoms with E-state index in [4.69, 9.17) is 21.6 Å². The molecule has 5 nitrogen and oxygen atoms in total. The molecule has 0 unspecified atom stereocenters. The molecule has 2 heterocycles. The van der Waals surface area contributed by atoms with Gasteiger partial charge in [-0.05, 0) is 24.3 Å². The van der Waals surface area contributed by atoms with Crippen LogP contribution in [0.25, 0.3) is 22.3 Å². The molecule has 0 radical (unpaired) electrons. The maximum atomic E-state index is 10.7. The molecule has 0 bridgehead atoms. The number of anilines is 1. The Morgan fingerprint density at radius 2 is 1.69 bits per heavy atom. The van der Waals surface area contributed by atoms with Gasteiger partial charge in [0.05, 0.1) is 17.1 Å². The number of carbonyl (C=O) groups excluding carboxylic acids is 1. The molecular formula is C20H19ClN4O. The van der Waals surface area contributed by atoms with Crippen LogP contribution in [0.3, 0.4) is 0 Å². The summed E-state index contributed by atoms with van der Waals surface area (Å²) in [6.07, 6.45) is 0.964. The van der Waals surface area contributed by atoms with E-state index in [2.05, 4.69) is 15.9 Å². The lowest BCUT2D eigenvalue weighted by atomic mass is 10.1. The highest BCUT2D eigenvalue weighted by atomic mass is 35.5. The highest BCUT2D eigenvalue weighted by molar-refractivity contribution is 6.33. The van der Waals surface area contributed by atoms with Gasteiger partial charge in [-0.2, -0.15) is 0 Å². The van der Waals surface area contributed by atoms with E-state index in [1.165, 1.54) is 0 Å². The summed E-state index contributed by atoms with van der Waals surface area (Å²) in [7, 11) is 0. The van der Waals surface area contributed by atoms with Gasteiger partial charge >= 0.3 is 0 Å². The van der Waals surface area contributed by atoms with Gasteiger partial charge in [-0.3, -0.25) is 4.90 Å². The third kappa shape index (κ3) is 3.28. The van der Waals surface area contributed by atoms with Gasteiger partial charge in [0.25, 0.3) is 0 Å². The maximum Gasteiger partial charge on any atom is 0.163 e. The highest BCUT2D eigenvalue weighted by Gasteiger charge is 2.21. The summed E-state index contributed by atoms with van der Waals surface area (Å²) in [5, 5.41) is 1.68. The molecule has 3 aromatic rings. The van der Waals surface area contributed by atoms with Crippen molar-refractivity contribution in [1.29, 1.82) is 0 Å². The Labute approximate surface area is 157 Å². The summed E-state index contributed by atoms with van der Waals surface area (Å²) in [6.45, 7) is 3.84. The van der Waals surface area contributed by atoms with Crippen molar-refractivity contribution in [3.8, 4) is 11.4 Å². The summed E-state index contributed by atoms with van der Waals surface area (Å²) in [6, 6.07) is 15.7. The van der Waals surface area contributed by atoms with Crippen molar-refractivity contribution >= 4 is 34.6 Å². The standard InChI is InChI=1S/C20H19ClN4O/c21-17-7-3-1-5-15(17)19-22-18-8-4-2-6-16(18)20(23-19)25-11-9-24(10-12-25)13-14-26/h1-8,14H,9-13H2. The third-order valence-corrected chi connectivity index (χ3v) is 5.03. The van der Waals surface area contributed by atoms with E-state index in [0.29, 0.717) is 17.4 Å². The van der Waals surface area contributed by atoms with Crippen LogP contribution in [0.1, 0.15) is 0 Å². The molecule has 132 valence electrons. The normalized spacial score (nSPS) is 15.3. The number of halogens is 1. The molecule has 4 rings (SSSR count).